The molecule has 0 bridgehead atoms. The zero-order chi connectivity index (χ0) is 13.8. The molecule has 0 aliphatic carbocycles. The van der Waals surface area contributed by atoms with Gasteiger partial charge in [-0.3, -0.25) is 0 Å². The largest absolute Gasteiger partial charge is 0.479 e. The van der Waals surface area contributed by atoms with Crippen LogP contribution in [0.25, 0.3) is 22.3 Å². The molecule has 1 unspecified atom stereocenters. The zero-order valence-electron chi connectivity index (χ0n) is 11.0. The molecule has 3 aromatic rings. The molecule has 0 fully saturated rings. The highest BCUT2D eigenvalue weighted by Gasteiger charge is 2.11. The van der Waals surface area contributed by atoms with E-state index >= 15 is 0 Å². The second kappa shape index (κ2) is 5.90. The van der Waals surface area contributed by atoms with Crippen molar-refractivity contribution in [3.63, 3.8) is 0 Å². The first-order chi connectivity index (χ1) is 9.90. The molecular weight excluding hydrogens is 263 g/mol. The van der Waals surface area contributed by atoms with E-state index in [0.29, 0.717) is 0 Å². The van der Waals surface area contributed by atoms with Gasteiger partial charge in [-0.1, -0.05) is 78.9 Å². The van der Waals surface area contributed by atoms with E-state index in [2.05, 4.69) is 51.9 Å². The third-order valence-corrected chi connectivity index (χ3v) is 3.54. The van der Waals surface area contributed by atoms with E-state index in [1.165, 1.54) is 0 Å². The van der Waals surface area contributed by atoms with Gasteiger partial charge in [0.1, 0.15) is 5.75 Å². The fraction of sp³-hybridized carbons (Fsp3) is 0. The summed E-state index contributed by atoms with van der Waals surface area (Å²) in [4.78, 5) is 0. The topological polar surface area (TPSA) is 9.23 Å². The first-order valence-corrected chi connectivity index (χ1v) is 6.98. The van der Waals surface area contributed by atoms with Crippen molar-refractivity contribution in [3.8, 4) is 28.0 Å². The monoisotopic (exact) mass is 278 g/mol. The van der Waals surface area contributed by atoms with Crippen LogP contribution in [-0.2, 0) is 0 Å². The van der Waals surface area contributed by atoms with Crippen LogP contribution >= 0.6 is 9.47 Å². The molecular formula is C18H15OP. The molecule has 0 radical (unpaired) electrons. The summed E-state index contributed by atoms with van der Waals surface area (Å²) in [6, 6.07) is 26.8. The summed E-state index contributed by atoms with van der Waals surface area (Å²) in [5.41, 5.74) is 4.51. The Kier molecular flexibility index (Phi) is 3.80. The van der Waals surface area contributed by atoms with Gasteiger partial charge in [-0.25, -0.2) is 0 Å². The van der Waals surface area contributed by atoms with Crippen LogP contribution in [0.1, 0.15) is 0 Å². The van der Waals surface area contributed by atoms with Gasteiger partial charge >= 0.3 is 0 Å². The summed E-state index contributed by atoms with van der Waals surface area (Å²) in [7, 11) is 2.36. The van der Waals surface area contributed by atoms with Crippen LogP contribution in [0.2, 0.25) is 0 Å². The summed E-state index contributed by atoms with van der Waals surface area (Å²) >= 11 is 0. The average molecular weight is 278 g/mol. The normalized spacial score (nSPS) is 10.2. The fourth-order valence-corrected chi connectivity index (χ4v) is 2.61. The molecule has 20 heavy (non-hydrogen) atoms. The van der Waals surface area contributed by atoms with Gasteiger partial charge in [0.25, 0.3) is 0 Å². The Hall–Kier alpha value is -2.11. The summed E-state index contributed by atoms with van der Waals surface area (Å²) in [6.07, 6.45) is 0. The Labute approximate surface area is 121 Å². The lowest BCUT2D eigenvalue weighted by Gasteiger charge is -2.13. The number of benzene rings is 3. The van der Waals surface area contributed by atoms with Gasteiger partial charge in [-0.05, 0) is 11.1 Å². The predicted octanol–water partition coefficient (Wildman–Crippen LogP) is 5.19. The standard InChI is InChI=1S/C18H15OP/c20-19-18-16(14-8-3-1-4-9-14)12-7-13-17(18)15-10-5-2-6-11-15/h1-13H,20H2. The smallest absolute Gasteiger partial charge is 0.138 e. The van der Waals surface area contributed by atoms with Crippen LogP contribution < -0.4 is 4.52 Å². The quantitative estimate of drug-likeness (QED) is 0.599. The van der Waals surface area contributed by atoms with Gasteiger partial charge in [0.2, 0.25) is 0 Å². The maximum absolute atomic E-state index is 5.60. The highest BCUT2D eigenvalue weighted by atomic mass is 31.0. The highest BCUT2D eigenvalue weighted by Crippen LogP contribution is 2.39. The number of hydrogen-bond donors (Lipinski definition) is 0. The molecule has 3 aromatic carbocycles. The summed E-state index contributed by atoms with van der Waals surface area (Å²) in [5.74, 6) is 0.884. The third-order valence-electron chi connectivity index (χ3n) is 3.30. The molecule has 0 heterocycles. The Balaban J connectivity index is 2.19. The second-order valence-electron chi connectivity index (χ2n) is 4.53. The van der Waals surface area contributed by atoms with Crippen LogP contribution in [0.15, 0.2) is 78.9 Å². The summed E-state index contributed by atoms with van der Waals surface area (Å²) in [5, 5.41) is 0. The number of hydrogen-bond acceptors (Lipinski definition) is 1. The Morgan fingerprint density at radius 3 is 1.40 bits per heavy atom. The van der Waals surface area contributed by atoms with Crippen molar-refractivity contribution in [2.75, 3.05) is 0 Å². The van der Waals surface area contributed by atoms with E-state index in [9.17, 15) is 0 Å². The predicted molar refractivity (Wildman–Crippen MR) is 87.7 cm³/mol. The Bertz CT molecular complexity index is 635. The molecule has 2 heteroatoms. The third kappa shape index (κ3) is 2.45. The van der Waals surface area contributed by atoms with Gasteiger partial charge in [0.15, 0.2) is 0 Å². The van der Waals surface area contributed by atoms with Crippen LogP contribution in [0.4, 0.5) is 0 Å². The minimum Gasteiger partial charge on any atom is -0.479 e. The van der Waals surface area contributed by atoms with Crippen LogP contribution in [0.3, 0.4) is 0 Å². The molecule has 0 aliphatic rings. The maximum Gasteiger partial charge on any atom is 0.138 e. The minimum atomic E-state index is 0.884. The molecule has 0 aliphatic heterocycles. The maximum atomic E-state index is 5.60. The fourth-order valence-electron chi connectivity index (χ4n) is 2.35. The molecule has 0 saturated heterocycles. The van der Waals surface area contributed by atoms with Gasteiger partial charge in [-0.2, -0.15) is 0 Å². The molecule has 1 nitrogen and oxygen atoms in total. The van der Waals surface area contributed by atoms with E-state index in [1.54, 1.807) is 0 Å². The molecule has 3 rings (SSSR count). The average Bonchev–Trinajstić information content (AvgIpc) is 2.55. The van der Waals surface area contributed by atoms with E-state index < -0.39 is 0 Å². The SMILES string of the molecule is POc1c(-c2ccccc2)cccc1-c1ccccc1. The zero-order valence-corrected chi connectivity index (χ0v) is 12.1. The van der Waals surface area contributed by atoms with Crippen LogP contribution in [-0.4, -0.2) is 0 Å². The molecule has 98 valence electrons. The minimum absolute atomic E-state index is 0.884. The van der Waals surface area contributed by atoms with Gasteiger partial charge in [0, 0.05) is 11.1 Å². The lowest BCUT2D eigenvalue weighted by Crippen LogP contribution is -1.87. The van der Waals surface area contributed by atoms with Crippen molar-refractivity contribution >= 4 is 9.47 Å². The Morgan fingerprint density at radius 1 is 0.550 bits per heavy atom. The van der Waals surface area contributed by atoms with Crippen molar-refractivity contribution in [1.29, 1.82) is 0 Å². The first kappa shape index (κ1) is 12.9. The number of para-hydroxylation sites is 1. The lowest BCUT2D eigenvalue weighted by molar-refractivity contribution is 0.651. The highest BCUT2D eigenvalue weighted by molar-refractivity contribution is 7.10. The first-order valence-electron chi connectivity index (χ1n) is 6.51. The van der Waals surface area contributed by atoms with Crippen molar-refractivity contribution in [2.24, 2.45) is 0 Å². The van der Waals surface area contributed by atoms with Crippen LogP contribution in [0.5, 0.6) is 5.75 Å². The van der Waals surface area contributed by atoms with E-state index in [1.807, 2.05) is 36.4 Å². The molecule has 0 spiro atoms. The van der Waals surface area contributed by atoms with Crippen molar-refractivity contribution in [3.05, 3.63) is 78.9 Å². The van der Waals surface area contributed by atoms with E-state index in [0.717, 1.165) is 28.0 Å². The van der Waals surface area contributed by atoms with Gasteiger partial charge in [-0.15, -0.1) is 0 Å². The van der Waals surface area contributed by atoms with E-state index in [-0.39, 0.29) is 0 Å². The molecule has 1 atom stereocenters. The van der Waals surface area contributed by atoms with Gasteiger partial charge < -0.3 is 4.52 Å². The second-order valence-corrected chi connectivity index (χ2v) is 4.77. The molecule has 0 saturated carbocycles. The van der Waals surface area contributed by atoms with E-state index in [4.69, 9.17) is 4.52 Å². The molecule has 0 amide bonds. The van der Waals surface area contributed by atoms with Crippen molar-refractivity contribution in [2.45, 2.75) is 0 Å². The van der Waals surface area contributed by atoms with Crippen molar-refractivity contribution < 1.29 is 4.52 Å². The number of rotatable bonds is 3. The lowest BCUT2D eigenvalue weighted by atomic mass is 9.97. The molecule has 0 aromatic heterocycles. The van der Waals surface area contributed by atoms with Crippen molar-refractivity contribution in [1.82, 2.24) is 0 Å². The Morgan fingerprint density at radius 2 is 1.00 bits per heavy atom. The summed E-state index contributed by atoms with van der Waals surface area (Å²) in [6.45, 7) is 0. The van der Waals surface area contributed by atoms with Crippen LogP contribution in [0, 0.1) is 0 Å². The molecule has 0 N–H and O–H groups in total. The van der Waals surface area contributed by atoms with Gasteiger partial charge in [0.05, 0.1) is 9.47 Å². The summed E-state index contributed by atoms with van der Waals surface area (Å²) < 4.78 is 5.60.